The minimum absolute atomic E-state index is 0.272. The highest BCUT2D eigenvalue weighted by atomic mass is 19.1. The molecule has 25 heavy (non-hydrogen) atoms. The number of halogens is 1. The summed E-state index contributed by atoms with van der Waals surface area (Å²) in [4.78, 5) is 13.4. The van der Waals surface area contributed by atoms with Crippen LogP contribution in [0.2, 0.25) is 0 Å². The van der Waals surface area contributed by atoms with Gasteiger partial charge in [-0.1, -0.05) is 6.07 Å². The fourth-order valence-corrected chi connectivity index (χ4v) is 3.38. The van der Waals surface area contributed by atoms with Crippen molar-refractivity contribution in [1.29, 1.82) is 0 Å². The Morgan fingerprint density at radius 1 is 1.28 bits per heavy atom. The zero-order valence-electron chi connectivity index (χ0n) is 13.8. The number of H-pyrrole nitrogens is 1. The smallest absolute Gasteiger partial charge is 0.228 e. The summed E-state index contributed by atoms with van der Waals surface area (Å²) in [5, 5.41) is 0.861. The van der Waals surface area contributed by atoms with Crippen LogP contribution in [-0.2, 0) is 4.74 Å². The van der Waals surface area contributed by atoms with Crippen molar-refractivity contribution in [3.05, 3.63) is 53.4 Å². The van der Waals surface area contributed by atoms with Crippen LogP contribution >= 0.6 is 0 Å². The van der Waals surface area contributed by atoms with Crippen LogP contribution in [0.3, 0.4) is 0 Å². The second-order valence-electron chi connectivity index (χ2n) is 6.15. The first kappa shape index (κ1) is 15.6. The fourth-order valence-electron chi connectivity index (χ4n) is 3.38. The second kappa shape index (κ2) is 6.19. The molecule has 1 aliphatic heterocycles. The van der Waals surface area contributed by atoms with Crippen molar-refractivity contribution in [3.8, 4) is 11.1 Å². The second-order valence-corrected chi connectivity index (χ2v) is 6.15. The number of hydrogen-bond acceptors (Lipinski definition) is 3. The number of aryl methyl sites for hydroxylation is 1. The van der Waals surface area contributed by atoms with Crippen LogP contribution in [0.25, 0.3) is 27.0 Å². The van der Waals surface area contributed by atoms with Crippen molar-refractivity contribution in [2.75, 3.05) is 31.2 Å². The molecule has 0 radical (unpaired) electrons. The topological polar surface area (TPSA) is 45.5 Å². The predicted molar refractivity (Wildman–Crippen MR) is 95.5 cm³/mol. The monoisotopic (exact) mass is 336 g/mol. The summed E-state index contributed by atoms with van der Waals surface area (Å²) in [6, 6.07) is 4.96. The molecule has 0 spiro atoms. The molecule has 126 valence electrons. The lowest BCUT2D eigenvalue weighted by Crippen LogP contribution is -2.36. The lowest BCUT2D eigenvalue weighted by molar-refractivity contribution is 0.123. The standard InChI is InChI=1S/C19H17FN4O/c1-12-7-13(9-14(20)8-12)15-10-22-19-17(15)18(16(21-2)11-23-19)24-3-5-25-6-4-24/h7-11H,3-6H2,1H3,(H,22,23). The zero-order valence-corrected chi connectivity index (χ0v) is 13.8. The van der Waals surface area contributed by atoms with Gasteiger partial charge in [0.15, 0.2) is 0 Å². The van der Waals surface area contributed by atoms with E-state index in [1.807, 2.05) is 19.2 Å². The molecule has 1 aliphatic rings. The van der Waals surface area contributed by atoms with Crippen LogP contribution in [0, 0.1) is 19.3 Å². The first-order valence-electron chi connectivity index (χ1n) is 8.15. The van der Waals surface area contributed by atoms with Crippen LogP contribution in [0.1, 0.15) is 5.56 Å². The maximum atomic E-state index is 13.9. The van der Waals surface area contributed by atoms with E-state index in [9.17, 15) is 4.39 Å². The van der Waals surface area contributed by atoms with Gasteiger partial charge in [0.1, 0.15) is 11.5 Å². The maximum absolute atomic E-state index is 13.9. The fraction of sp³-hybridized carbons (Fsp3) is 0.263. The van der Waals surface area contributed by atoms with E-state index in [1.54, 1.807) is 6.20 Å². The molecule has 0 atom stereocenters. The number of morpholine rings is 1. The molecule has 6 heteroatoms. The molecule has 0 bridgehead atoms. The Bertz CT molecular complexity index is 963. The molecule has 0 unspecified atom stereocenters. The average Bonchev–Trinajstić information content (AvgIpc) is 3.05. The summed E-state index contributed by atoms with van der Waals surface area (Å²) in [6.45, 7) is 12.1. The zero-order chi connectivity index (χ0) is 17.4. The van der Waals surface area contributed by atoms with Crippen molar-refractivity contribution >= 4 is 22.4 Å². The Morgan fingerprint density at radius 2 is 2.08 bits per heavy atom. The quantitative estimate of drug-likeness (QED) is 0.718. The van der Waals surface area contributed by atoms with Gasteiger partial charge in [-0.3, -0.25) is 0 Å². The van der Waals surface area contributed by atoms with E-state index in [4.69, 9.17) is 11.3 Å². The third kappa shape index (κ3) is 2.73. The number of pyridine rings is 1. The first-order chi connectivity index (χ1) is 12.2. The van der Waals surface area contributed by atoms with E-state index in [0.29, 0.717) is 37.6 Å². The van der Waals surface area contributed by atoms with Crippen molar-refractivity contribution in [3.63, 3.8) is 0 Å². The largest absolute Gasteiger partial charge is 0.378 e. The number of benzene rings is 1. The molecule has 3 aromatic rings. The molecular formula is C19H17FN4O. The van der Waals surface area contributed by atoms with Crippen LogP contribution < -0.4 is 4.90 Å². The molecule has 1 aromatic carbocycles. The van der Waals surface area contributed by atoms with Crippen LogP contribution in [0.4, 0.5) is 15.8 Å². The lowest BCUT2D eigenvalue weighted by Gasteiger charge is -2.30. The van der Waals surface area contributed by atoms with E-state index >= 15 is 0 Å². The van der Waals surface area contributed by atoms with Gasteiger partial charge in [0, 0.05) is 36.4 Å². The summed E-state index contributed by atoms with van der Waals surface area (Å²) in [7, 11) is 0. The SMILES string of the molecule is [C-]#[N+]c1cnc2[nH]cc(-c3cc(C)cc(F)c3)c2c1N1CCOCC1. The molecule has 4 rings (SSSR count). The summed E-state index contributed by atoms with van der Waals surface area (Å²) in [6.07, 6.45) is 3.43. The lowest BCUT2D eigenvalue weighted by atomic mass is 10.0. The number of ether oxygens (including phenoxy) is 1. The Labute approximate surface area is 144 Å². The van der Waals surface area contributed by atoms with Gasteiger partial charge in [0.2, 0.25) is 5.69 Å². The van der Waals surface area contributed by atoms with Crippen molar-refractivity contribution in [2.45, 2.75) is 6.92 Å². The highest BCUT2D eigenvalue weighted by Gasteiger charge is 2.22. The minimum Gasteiger partial charge on any atom is -0.378 e. The van der Waals surface area contributed by atoms with Crippen LogP contribution in [0.15, 0.2) is 30.6 Å². The average molecular weight is 336 g/mol. The summed E-state index contributed by atoms with van der Waals surface area (Å²) in [5.74, 6) is -0.272. The Kier molecular flexibility index (Phi) is 3.86. The number of anilines is 1. The summed E-state index contributed by atoms with van der Waals surface area (Å²) < 4.78 is 19.4. The van der Waals surface area contributed by atoms with Crippen molar-refractivity contribution < 1.29 is 9.13 Å². The van der Waals surface area contributed by atoms with Gasteiger partial charge in [-0.05, 0) is 30.2 Å². The van der Waals surface area contributed by atoms with Gasteiger partial charge in [0.25, 0.3) is 0 Å². The van der Waals surface area contributed by atoms with E-state index in [2.05, 4.69) is 19.7 Å². The predicted octanol–water partition coefficient (Wildman–Crippen LogP) is 4.06. The maximum Gasteiger partial charge on any atom is 0.228 e. The molecule has 0 aliphatic carbocycles. The van der Waals surface area contributed by atoms with Gasteiger partial charge in [-0.2, -0.15) is 0 Å². The number of aromatic nitrogens is 2. The molecule has 1 N–H and O–H groups in total. The van der Waals surface area contributed by atoms with E-state index < -0.39 is 0 Å². The molecule has 5 nitrogen and oxygen atoms in total. The minimum atomic E-state index is -0.272. The van der Waals surface area contributed by atoms with Crippen LogP contribution in [-0.4, -0.2) is 36.3 Å². The molecule has 0 amide bonds. The molecule has 3 heterocycles. The van der Waals surface area contributed by atoms with Gasteiger partial charge < -0.3 is 14.6 Å². The number of nitrogens with zero attached hydrogens (tertiary/aromatic N) is 3. The molecular weight excluding hydrogens is 319 g/mol. The molecule has 2 aromatic heterocycles. The van der Waals surface area contributed by atoms with Gasteiger partial charge in [0.05, 0.1) is 25.5 Å². The third-order valence-corrected chi connectivity index (χ3v) is 4.46. The Morgan fingerprint density at radius 3 is 2.80 bits per heavy atom. The summed E-state index contributed by atoms with van der Waals surface area (Å²) >= 11 is 0. The number of aromatic amines is 1. The molecule has 1 saturated heterocycles. The van der Waals surface area contributed by atoms with Gasteiger partial charge in [-0.25, -0.2) is 14.2 Å². The Balaban J connectivity index is 1.99. The van der Waals surface area contributed by atoms with Gasteiger partial charge in [-0.15, -0.1) is 0 Å². The number of nitrogens with one attached hydrogen (secondary N) is 1. The van der Waals surface area contributed by atoms with Crippen molar-refractivity contribution in [1.82, 2.24) is 9.97 Å². The third-order valence-electron chi connectivity index (χ3n) is 4.46. The highest BCUT2D eigenvalue weighted by Crippen LogP contribution is 2.41. The van der Waals surface area contributed by atoms with Gasteiger partial charge >= 0.3 is 0 Å². The van der Waals surface area contributed by atoms with E-state index in [-0.39, 0.29) is 5.82 Å². The first-order valence-corrected chi connectivity index (χ1v) is 8.15. The van der Waals surface area contributed by atoms with E-state index in [1.165, 1.54) is 12.1 Å². The Hall–Kier alpha value is -2.91. The highest BCUT2D eigenvalue weighted by molar-refractivity contribution is 6.07. The van der Waals surface area contributed by atoms with Crippen LogP contribution in [0.5, 0.6) is 0 Å². The molecule has 0 saturated carbocycles. The molecule has 1 fully saturated rings. The normalized spacial score (nSPS) is 14.7. The summed E-state index contributed by atoms with van der Waals surface area (Å²) in [5.41, 5.74) is 4.54. The number of rotatable bonds is 2. The van der Waals surface area contributed by atoms with E-state index in [0.717, 1.165) is 27.8 Å². The number of fused-ring (bicyclic) bond motifs is 1. The van der Waals surface area contributed by atoms with Crippen molar-refractivity contribution in [2.24, 2.45) is 0 Å². The number of hydrogen-bond donors (Lipinski definition) is 1.